The van der Waals surface area contributed by atoms with Gasteiger partial charge in [-0.15, -0.1) is 0 Å². The average molecular weight is 397 g/mol. The molecule has 0 heterocycles. The van der Waals surface area contributed by atoms with Crippen molar-refractivity contribution in [2.75, 3.05) is 6.54 Å². The summed E-state index contributed by atoms with van der Waals surface area (Å²) in [5.74, 6) is 1.11. The minimum Gasteiger partial charge on any atom is -0.211 e. The van der Waals surface area contributed by atoms with Crippen LogP contribution in [-0.4, -0.2) is 15.0 Å². The number of sulfonamides is 1. The van der Waals surface area contributed by atoms with Gasteiger partial charge >= 0.3 is 0 Å². The molecular formula is C12H15Br2NO2S. The number of halogens is 2. The van der Waals surface area contributed by atoms with E-state index >= 15 is 0 Å². The molecule has 0 saturated heterocycles. The highest BCUT2D eigenvalue weighted by atomic mass is 79.9. The van der Waals surface area contributed by atoms with Gasteiger partial charge in [0.25, 0.3) is 0 Å². The number of rotatable bonds is 5. The van der Waals surface area contributed by atoms with Crippen molar-refractivity contribution in [1.82, 2.24) is 4.72 Å². The van der Waals surface area contributed by atoms with E-state index in [4.69, 9.17) is 0 Å². The molecule has 1 aliphatic carbocycles. The summed E-state index contributed by atoms with van der Waals surface area (Å²) in [6.45, 7) is 2.60. The molecule has 1 atom stereocenters. The molecule has 2 rings (SSSR count). The van der Waals surface area contributed by atoms with Gasteiger partial charge in [-0.05, 0) is 58.8 Å². The Morgan fingerprint density at radius 1 is 1.39 bits per heavy atom. The largest absolute Gasteiger partial charge is 0.241 e. The molecular weight excluding hydrogens is 382 g/mol. The fourth-order valence-electron chi connectivity index (χ4n) is 1.84. The third-order valence-electron chi connectivity index (χ3n) is 3.21. The van der Waals surface area contributed by atoms with Gasteiger partial charge in [0.2, 0.25) is 10.0 Å². The topological polar surface area (TPSA) is 46.2 Å². The zero-order chi connectivity index (χ0) is 13.3. The van der Waals surface area contributed by atoms with E-state index in [0.29, 0.717) is 22.9 Å². The van der Waals surface area contributed by atoms with Crippen molar-refractivity contribution in [2.45, 2.75) is 24.7 Å². The van der Waals surface area contributed by atoms with E-state index in [1.54, 1.807) is 18.2 Å². The maximum absolute atomic E-state index is 12.2. The molecule has 1 aromatic rings. The molecule has 1 aliphatic rings. The lowest BCUT2D eigenvalue weighted by Crippen LogP contribution is -2.29. The standard InChI is InChI=1S/C12H15Br2NO2S/c1-8(9-2-3-9)7-15-18(16,17)12-5-4-10(13)6-11(12)14/h4-6,8-9,15H,2-3,7H2,1H3. The van der Waals surface area contributed by atoms with E-state index in [0.717, 1.165) is 4.47 Å². The van der Waals surface area contributed by atoms with Gasteiger partial charge in [-0.25, -0.2) is 13.1 Å². The average Bonchev–Trinajstić information content (AvgIpc) is 3.09. The predicted molar refractivity (Wildman–Crippen MR) is 78.9 cm³/mol. The smallest absolute Gasteiger partial charge is 0.211 e. The SMILES string of the molecule is CC(CNS(=O)(=O)c1ccc(Br)cc1Br)C1CC1. The summed E-state index contributed by atoms with van der Waals surface area (Å²) >= 11 is 6.59. The molecule has 1 aromatic carbocycles. The zero-order valence-corrected chi connectivity index (χ0v) is 14.0. The fourth-order valence-corrected chi connectivity index (χ4v) is 4.73. The van der Waals surface area contributed by atoms with Gasteiger partial charge in [-0.2, -0.15) is 0 Å². The molecule has 18 heavy (non-hydrogen) atoms. The highest BCUT2D eigenvalue weighted by Gasteiger charge is 2.29. The summed E-state index contributed by atoms with van der Waals surface area (Å²) in [5, 5.41) is 0. The van der Waals surface area contributed by atoms with Crippen molar-refractivity contribution < 1.29 is 8.42 Å². The molecule has 0 spiro atoms. The van der Waals surface area contributed by atoms with E-state index in [2.05, 4.69) is 43.5 Å². The summed E-state index contributed by atoms with van der Waals surface area (Å²) in [4.78, 5) is 0.286. The molecule has 0 radical (unpaired) electrons. The van der Waals surface area contributed by atoms with Crippen LogP contribution in [0, 0.1) is 11.8 Å². The first kappa shape index (κ1) is 14.5. The Morgan fingerprint density at radius 2 is 2.06 bits per heavy atom. The third kappa shape index (κ3) is 3.56. The lowest BCUT2D eigenvalue weighted by molar-refractivity contribution is 0.491. The van der Waals surface area contributed by atoms with Crippen LogP contribution in [-0.2, 0) is 10.0 Å². The second-order valence-electron chi connectivity index (χ2n) is 4.74. The molecule has 0 aliphatic heterocycles. The van der Waals surface area contributed by atoms with Gasteiger partial charge < -0.3 is 0 Å². The van der Waals surface area contributed by atoms with Gasteiger partial charge in [-0.1, -0.05) is 22.9 Å². The lowest BCUT2D eigenvalue weighted by atomic mass is 10.1. The van der Waals surface area contributed by atoms with Gasteiger partial charge in [-0.3, -0.25) is 0 Å². The monoisotopic (exact) mass is 395 g/mol. The van der Waals surface area contributed by atoms with Crippen LogP contribution in [0.15, 0.2) is 32.0 Å². The molecule has 1 saturated carbocycles. The Balaban J connectivity index is 2.09. The van der Waals surface area contributed by atoms with Crippen LogP contribution in [0.2, 0.25) is 0 Å². The highest BCUT2D eigenvalue weighted by Crippen LogP contribution is 2.36. The molecule has 0 aromatic heterocycles. The van der Waals surface area contributed by atoms with Crippen LogP contribution in [0.5, 0.6) is 0 Å². The van der Waals surface area contributed by atoms with Crippen molar-refractivity contribution in [3.05, 3.63) is 27.1 Å². The Bertz CT molecular complexity index is 541. The first-order valence-electron chi connectivity index (χ1n) is 5.85. The van der Waals surface area contributed by atoms with E-state index in [1.807, 2.05) is 0 Å². The van der Waals surface area contributed by atoms with Crippen molar-refractivity contribution >= 4 is 41.9 Å². The van der Waals surface area contributed by atoms with E-state index < -0.39 is 10.0 Å². The quantitative estimate of drug-likeness (QED) is 0.827. The number of nitrogens with one attached hydrogen (secondary N) is 1. The summed E-state index contributed by atoms with van der Waals surface area (Å²) < 4.78 is 28.4. The molecule has 100 valence electrons. The molecule has 3 nitrogen and oxygen atoms in total. The van der Waals surface area contributed by atoms with Gasteiger partial charge in [0.05, 0.1) is 4.90 Å². The van der Waals surface area contributed by atoms with Gasteiger partial charge in [0.1, 0.15) is 0 Å². The lowest BCUT2D eigenvalue weighted by Gasteiger charge is -2.13. The minimum atomic E-state index is -3.43. The Labute approximate surface area is 125 Å². The minimum absolute atomic E-state index is 0.286. The Hall–Kier alpha value is 0.0900. The second kappa shape index (κ2) is 5.61. The van der Waals surface area contributed by atoms with Crippen molar-refractivity contribution in [2.24, 2.45) is 11.8 Å². The van der Waals surface area contributed by atoms with Gasteiger partial charge in [0, 0.05) is 15.5 Å². The molecule has 0 amide bonds. The van der Waals surface area contributed by atoms with Gasteiger partial charge in [0.15, 0.2) is 0 Å². The van der Waals surface area contributed by atoms with Crippen LogP contribution in [0.25, 0.3) is 0 Å². The fraction of sp³-hybridized carbons (Fsp3) is 0.500. The summed E-state index contributed by atoms with van der Waals surface area (Å²) in [7, 11) is -3.43. The zero-order valence-electron chi connectivity index (χ0n) is 9.99. The van der Waals surface area contributed by atoms with Crippen LogP contribution in [0.3, 0.4) is 0 Å². The summed E-state index contributed by atoms with van der Waals surface area (Å²) in [6.07, 6.45) is 2.45. The van der Waals surface area contributed by atoms with Crippen molar-refractivity contribution in [3.8, 4) is 0 Å². The summed E-state index contributed by atoms with van der Waals surface area (Å²) in [5.41, 5.74) is 0. The Morgan fingerprint density at radius 3 is 2.61 bits per heavy atom. The maximum Gasteiger partial charge on any atom is 0.241 e. The highest BCUT2D eigenvalue weighted by molar-refractivity contribution is 9.11. The number of hydrogen-bond donors (Lipinski definition) is 1. The van der Waals surface area contributed by atoms with Crippen molar-refractivity contribution in [3.63, 3.8) is 0 Å². The molecule has 6 heteroatoms. The molecule has 1 N–H and O–H groups in total. The van der Waals surface area contributed by atoms with E-state index in [1.165, 1.54) is 12.8 Å². The first-order valence-corrected chi connectivity index (χ1v) is 8.92. The molecule has 1 unspecified atom stereocenters. The Kier molecular flexibility index (Phi) is 4.52. The first-order chi connectivity index (χ1) is 8.40. The number of benzene rings is 1. The molecule has 0 bridgehead atoms. The van der Waals surface area contributed by atoms with Crippen LogP contribution in [0.1, 0.15) is 19.8 Å². The van der Waals surface area contributed by atoms with Crippen molar-refractivity contribution in [1.29, 1.82) is 0 Å². The number of hydrogen-bond acceptors (Lipinski definition) is 2. The third-order valence-corrected chi connectivity index (χ3v) is 6.10. The normalized spacial score (nSPS) is 17.7. The maximum atomic E-state index is 12.2. The van der Waals surface area contributed by atoms with Crippen LogP contribution in [0.4, 0.5) is 0 Å². The predicted octanol–water partition coefficient (Wildman–Crippen LogP) is 3.54. The second-order valence-corrected chi connectivity index (χ2v) is 8.25. The molecule has 1 fully saturated rings. The van der Waals surface area contributed by atoms with Crippen LogP contribution < -0.4 is 4.72 Å². The summed E-state index contributed by atoms with van der Waals surface area (Å²) in [6, 6.07) is 5.06. The van der Waals surface area contributed by atoms with Crippen LogP contribution >= 0.6 is 31.9 Å². The van der Waals surface area contributed by atoms with E-state index in [-0.39, 0.29) is 4.90 Å². The van der Waals surface area contributed by atoms with E-state index in [9.17, 15) is 8.42 Å².